The van der Waals surface area contributed by atoms with Gasteiger partial charge in [-0.3, -0.25) is 4.79 Å². The lowest BCUT2D eigenvalue weighted by atomic mass is 10.1. The molecule has 0 spiro atoms. The first-order chi connectivity index (χ1) is 13.8. The van der Waals surface area contributed by atoms with Gasteiger partial charge in [0.2, 0.25) is 0 Å². The summed E-state index contributed by atoms with van der Waals surface area (Å²) in [7, 11) is 0. The number of esters is 2. The lowest BCUT2D eigenvalue weighted by Crippen LogP contribution is -2.32. The lowest BCUT2D eigenvalue weighted by molar-refractivity contribution is -0.124. The number of ether oxygens (including phenoxy) is 2. The van der Waals surface area contributed by atoms with Gasteiger partial charge in [-0.05, 0) is 38.0 Å². The van der Waals surface area contributed by atoms with Crippen molar-refractivity contribution in [2.75, 3.05) is 11.9 Å². The zero-order valence-electron chi connectivity index (χ0n) is 15.9. The van der Waals surface area contributed by atoms with Crippen LogP contribution in [0.1, 0.15) is 51.4 Å². The minimum absolute atomic E-state index is 0.121. The van der Waals surface area contributed by atoms with Crippen LogP contribution in [0.15, 0.2) is 18.3 Å². The third kappa shape index (κ3) is 5.31. The van der Waals surface area contributed by atoms with Crippen molar-refractivity contribution in [2.45, 2.75) is 33.3 Å². The van der Waals surface area contributed by atoms with Crippen LogP contribution in [0.3, 0.4) is 0 Å². The maximum absolute atomic E-state index is 12.6. The molecule has 0 aromatic carbocycles. The van der Waals surface area contributed by atoms with Gasteiger partial charge in [0.1, 0.15) is 21.1 Å². The highest BCUT2D eigenvalue weighted by molar-refractivity contribution is 7.18. The summed E-state index contributed by atoms with van der Waals surface area (Å²) in [5.41, 5.74) is 0.738. The van der Waals surface area contributed by atoms with E-state index in [0.717, 1.165) is 11.3 Å². The van der Waals surface area contributed by atoms with Crippen molar-refractivity contribution in [3.8, 4) is 6.07 Å². The fourth-order valence-corrected chi connectivity index (χ4v) is 3.60. The van der Waals surface area contributed by atoms with E-state index in [2.05, 4.69) is 10.3 Å². The molecule has 2 heterocycles. The molecule has 2 rings (SSSR count). The fraction of sp³-hybridized carbons (Fsp3) is 0.316. The number of rotatable bonds is 7. The zero-order valence-corrected chi connectivity index (χ0v) is 17.5. The average Bonchev–Trinajstić information content (AvgIpc) is 3.01. The van der Waals surface area contributed by atoms with Crippen LogP contribution < -0.4 is 5.32 Å². The van der Waals surface area contributed by atoms with E-state index in [0.29, 0.717) is 5.56 Å². The molecule has 2 aromatic rings. The van der Waals surface area contributed by atoms with Crippen molar-refractivity contribution in [3.63, 3.8) is 0 Å². The normalized spacial score (nSPS) is 11.3. The molecule has 1 atom stereocenters. The maximum atomic E-state index is 12.6. The molecule has 0 aliphatic heterocycles. The quantitative estimate of drug-likeness (QED) is 0.519. The van der Waals surface area contributed by atoms with Crippen molar-refractivity contribution >= 4 is 45.8 Å². The Balaban J connectivity index is 2.19. The van der Waals surface area contributed by atoms with Gasteiger partial charge in [-0.2, -0.15) is 5.26 Å². The van der Waals surface area contributed by atoms with Crippen molar-refractivity contribution in [1.82, 2.24) is 4.98 Å². The molecular formula is C19H18ClN3O5S. The zero-order chi connectivity index (χ0) is 21.6. The average molecular weight is 436 g/mol. The summed E-state index contributed by atoms with van der Waals surface area (Å²) in [4.78, 5) is 40.9. The molecule has 1 unspecified atom stereocenters. The third-order valence-electron chi connectivity index (χ3n) is 3.83. The molecule has 8 nitrogen and oxygen atoms in total. The van der Waals surface area contributed by atoms with E-state index < -0.39 is 23.9 Å². The van der Waals surface area contributed by atoms with E-state index in [1.54, 1.807) is 20.8 Å². The molecule has 0 radical (unpaired) electrons. The number of thiophene rings is 1. The number of nitriles is 1. The summed E-state index contributed by atoms with van der Waals surface area (Å²) in [6.07, 6.45) is 0.451. The second-order valence-corrected chi connectivity index (χ2v) is 7.16. The Hall–Kier alpha value is -2.96. The lowest BCUT2D eigenvalue weighted by Gasteiger charge is -2.15. The van der Waals surface area contributed by atoms with Gasteiger partial charge in [0.25, 0.3) is 5.91 Å². The monoisotopic (exact) mass is 435 g/mol. The first-order valence-corrected chi connectivity index (χ1v) is 9.85. The minimum Gasteiger partial charge on any atom is -0.462 e. The van der Waals surface area contributed by atoms with Crippen LogP contribution in [-0.2, 0) is 14.3 Å². The number of nitrogens with one attached hydrogen (secondary N) is 1. The van der Waals surface area contributed by atoms with Gasteiger partial charge < -0.3 is 14.8 Å². The van der Waals surface area contributed by atoms with E-state index in [1.165, 1.54) is 18.3 Å². The summed E-state index contributed by atoms with van der Waals surface area (Å²) in [6, 6.07) is 4.72. The molecule has 0 fully saturated rings. The number of amides is 1. The molecule has 10 heteroatoms. The third-order valence-corrected chi connectivity index (χ3v) is 5.22. The molecule has 2 aromatic heterocycles. The topological polar surface area (TPSA) is 118 Å². The Morgan fingerprint density at radius 3 is 2.66 bits per heavy atom. The molecule has 1 N–H and O–H groups in total. The Morgan fingerprint density at radius 1 is 1.34 bits per heavy atom. The molecular weight excluding hydrogens is 418 g/mol. The van der Waals surface area contributed by atoms with Crippen LogP contribution in [0, 0.1) is 18.3 Å². The summed E-state index contributed by atoms with van der Waals surface area (Å²) >= 11 is 6.70. The van der Waals surface area contributed by atoms with Gasteiger partial charge in [0, 0.05) is 6.20 Å². The predicted octanol–water partition coefficient (Wildman–Crippen LogP) is 3.73. The van der Waals surface area contributed by atoms with Crippen molar-refractivity contribution in [1.29, 1.82) is 5.26 Å². The number of hydrogen-bond donors (Lipinski definition) is 1. The number of halogens is 1. The van der Waals surface area contributed by atoms with Crippen LogP contribution in [0.5, 0.6) is 0 Å². The van der Waals surface area contributed by atoms with Crippen LogP contribution in [-0.4, -0.2) is 35.5 Å². The number of carbonyl (C=O) groups excluding carboxylic acids is 3. The molecule has 0 saturated carbocycles. The number of anilines is 1. The minimum atomic E-state index is -1.10. The Kier molecular flexibility index (Phi) is 7.70. The number of aromatic nitrogens is 1. The summed E-state index contributed by atoms with van der Waals surface area (Å²) < 4.78 is 10.2. The van der Waals surface area contributed by atoms with Gasteiger partial charge in [0.15, 0.2) is 6.10 Å². The fourth-order valence-electron chi connectivity index (χ4n) is 2.37. The van der Waals surface area contributed by atoms with Gasteiger partial charge >= 0.3 is 11.9 Å². The SMILES string of the molecule is CCOC(=O)c1sc(NC(=O)C(CC)OC(=O)c2ccnc(Cl)c2)c(C#N)c1C. The standard InChI is InChI=1S/C19H18ClN3O5S/c1-4-13(28-18(25)11-6-7-22-14(20)8-11)16(24)23-17-12(9-21)10(3)15(29-17)19(26)27-5-2/h6-8,13H,4-5H2,1-3H3,(H,23,24). The van der Waals surface area contributed by atoms with E-state index in [1.807, 2.05) is 6.07 Å². The van der Waals surface area contributed by atoms with Crippen LogP contribution in [0.25, 0.3) is 0 Å². The summed E-state index contributed by atoms with van der Waals surface area (Å²) in [5.74, 6) is -1.92. The van der Waals surface area contributed by atoms with E-state index in [4.69, 9.17) is 21.1 Å². The first kappa shape index (κ1) is 22.3. The van der Waals surface area contributed by atoms with Crippen molar-refractivity contribution < 1.29 is 23.9 Å². The highest BCUT2D eigenvalue weighted by atomic mass is 35.5. The number of carbonyl (C=O) groups is 3. The Bertz CT molecular complexity index is 983. The van der Waals surface area contributed by atoms with Gasteiger partial charge in [0.05, 0.1) is 17.7 Å². The molecule has 0 bridgehead atoms. The van der Waals surface area contributed by atoms with E-state index in [9.17, 15) is 19.6 Å². The van der Waals surface area contributed by atoms with E-state index in [-0.39, 0.29) is 39.2 Å². The van der Waals surface area contributed by atoms with E-state index >= 15 is 0 Å². The Morgan fingerprint density at radius 2 is 2.07 bits per heavy atom. The summed E-state index contributed by atoms with van der Waals surface area (Å²) in [6.45, 7) is 5.13. The maximum Gasteiger partial charge on any atom is 0.348 e. The smallest absolute Gasteiger partial charge is 0.348 e. The molecule has 0 aliphatic carbocycles. The largest absolute Gasteiger partial charge is 0.462 e. The molecule has 152 valence electrons. The molecule has 1 amide bonds. The van der Waals surface area contributed by atoms with Crippen LogP contribution >= 0.6 is 22.9 Å². The number of nitrogens with zero attached hydrogens (tertiary/aromatic N) is 2. The van der Waals surface area contributed by atoms with Crippen LogP contribution in [0.2, 0.25) is 5.15 Å². The molecule has 0 saturated heterocycles. The first-order valence-electron chi connectivity index (χ1n) is 8.66. The van der Waals surface area contributed by atoms with Gasteiger partial charge in [-0.15, -0.1) is 11.3 Å². The summed E-state index contributed by atoms with van der Waals surface area (Å²) in [5, 5.41) is 12.3. The van der Waals surface area contributed by atoms with Crippen molar-refractivity contribution in [3.05, 3.63) is 45.1 Å². The predicted molar refractivity (Wildman–Crippen MR) is 107 cm³/mol. The highest BCUT2D eigenvalue weighted by Crippen LogP contribution is 2.33. The second kappa shape index (κ2) is 10.0. The number of hydrogen-bond acceptors (Lipinski definition) is 8. The van der Waals surface area contributed by atoms with Gasteiger partial charge in [-0.1, -0.05) is 18.5 Å². The van der Waals surface area contributed by atoms with Crippen molar-refractivity contribution in [2.24, 2.45) is 0 Å². The molecule has 29 heavy (non-hydrogen) atoms. The van der Waals surface area contributed by atoms with Gasteiger partial charge in [-0.25, -0.2) is 14.6 Å². The highest BCUT2D eigenvalue weighted by Gasteiger charge is 2.26. The van der Waals surface area contributed by atoms with Crippen LogP contribution in [0.4, 0.5) is 5.00 Å². The molecule has 0 aliphatic rings. The number of pyridine rings is 1. The Labute approximate surface area is 176 Å². The second-order valence-electron chi connectivity index (χ2n) is 5.75.